The first-order valence-electron chi connectivity index (χ1n) is 44.1. The Labute approximate surface area is 835 Å². The minimum Gasteiger partial charge on any atom is -0.480 e. The van der Waals surface area contributed by atoms with Crippen LogP contribution in [0.4, 0.5) is 23.6 Å². The van der Waals surface area contributed by atoms with E-state index in [1.165, 1.54) is 59.2 Å². The summed E-state index contributed by atoms with van der Waals surface area (Å²) in [6.45, 7) is 24.3. The van der Waals surface area contributed by atoms with Crippen molar-refractivity contribution in [3.05, 3.63) is 281 Å². The molecule has 0 saturated carbocycles. The zero-order valence-corrected chi connectivity index (χ0v) is 85.2. The second-order valence-electron chi connectivity index (χ2n) is 32.3. The van der Waals surface area contributed by atoms with Crippen molar-refractivity contribution in [1.29, 1.82) is 0 Å². The van der Waals surface area contributed by atoms with Gasteiger partial charge < -0.3 is 41.7 Å². The number of imide groups is 4. The summed E-state index contributed by atoms with van der Waals surface area (Å²) in [5.74, 6) is 22.6. The van der Waals surface area contributed by atoms with E-state index in [4.69, 9.17) is 11.6 Å². The van der Waals surface area contributed by atoms with E-state index in [1.807, 2.05) is 138 Å². The molecule has 0 aliphatic rings. The average Bonchev–Trinajstić information content (AvgIpc) is 0.846. The SMILES string of the molecule is CCCN(C(=O)N[C@@H](CSCC(C)C)C(=O)O)C(=O)c1cccc(C#Cc2ccc(Br)cc2)c1.CCCN(C(=O)N[C@@H](CSCC(C)C)C(=O)O)C(=O)c1cccc(C#Cc2cccc(Br)c2)c1.CCCN(C(=O)N[C@@H](CSCC(C)C)C(=O)O)C(=O)c1cccc(C#Cc2cccc(Cl)c2)c1.CCCN(C(=O)N[C@@H](CSCC(C)C)C(=O)O)C(=O)c1cccc(C#Cc2cccc(F)c2)c1. The number of benzene rings is 8. The van der Waals surface area contributed by atoms with Gasteiger partial charge in [0.25, 0.3) is 23.6 Å². The number of urea groups is 4. The molecule has 8 N–H and O–H groups in total. The third kappa shape index (κ3) is 43.1. The molecular weight excluding hydrogens is 1960 g/mol. The van der Waals surface area contributed by atoms with Crippen molar-refractivity contribution in [3.63, 3.8) is 0 Å². The molecule has 8 rings (SSSR count). The lowest BCUT2D eigenvalue weighted by molar-refractivity contribution is -0.139. The molecule has 0 saturated heterocycles. The van der Waals surface area contributed by atoms with Gasteiger partial charge in [-0.2, -0.15) is 47.0 Å². The highest BCUT2D eigenvalue weighted by atomic mass is 79.9. The Morgan fingerprint density at radius 1 is 0.309 bits per heavy atom. The minimum atomic E-state index is -1.15. The zero-order chi connectivity index (χ0) is 100. The molecular formula is C104H116Br2ClFN8O16S4. The van der Waals surface area contributed by atoms with E-state index in [9.17, 15) is 82.4 Å². The van der Waals surface area contributed by atoms with Crippen molar-refractivity contribution in [2.24, 2.45) is 23.7 Å². The summed E-state index contributed by atoms with van der Waals surface area (Å²) in [5.41, 5.74) is 6.48. The van der Waals surface area contributed by atoms with E-state index in [0.29, 0.717) is 98.9 Å². The van der Waals surface area contributed by atoms with Crippen LogP contribution < -0.4 is 21.3 Å². The maximum absolute atomic E-state index is 13.4. The zero-order valence-electron chi connectivity index (χ0n) is 78.0. The molecule has 24 nitrogen and oxygen atoms in total. The number of aliphatic carboxylic acids is 4. The monoisotopic (exact) mass is 2070 g/mol. The highest BCUT2D eigenvalue weighted by Crippen LogP contribution is 2.22. The van der Waals surface area contributed by atoms with Gasteiger partial charge in [0.15, 0.2) is 0 Å². The van der Waals surface area contributed by atoms with Crippen molar-refractivity contribution in [2.45, 2.75) is 133 Å². The second kappa shape index (κ2) is 62.1. The molecule has 0 aromatic heterocycles. The minimum absolute atomic E-state index is 0.134. The van der Waals surface area contributed by atoms with Crippen LogP contribution in [0.2, 0.25) is 5.02 Å². The summed E-state index contributed by atoms with van der Waals surface area (Å²) < 4.78 is 15.2. The largest absolute Gasteiger partial charge is 0.480 e. The predicted octanol–water partition coefficient (Wildman–Crippen LogP) is 20.3. The number of rotatable bonds is 36. The molecule has 8 aromatic carbocycles. The standard InChI is InChI=1S/2C26H29BrN2O4S.C26H29ClN2O4S.C26H29FN2O4S/c1-4-13-29(26(33)28-23(25(31)32)17-34-16-18(2)3)24(30)21-9-5-7-19(14-21)11-12-20-8-6-10-22(27)15-20;1-4-14-29(26(33)28-23(25(31)32)17-34-16-18(2)3)24(30)21-7-5-6-20(15-21)9-8-19-10-12-22(27)13-11-19;2*1-4-13-29(26(33)28-23(25(31)32)17-34-16-18(2)3)24(30)21-9-5-7-19(14-21)11-12-20-8-6-10-22(27)15-20/h5-10,14-15,18,23H,4,13,16-17H2,1-3H3,(H,28,33)(H,31,32);5-7,10-13,15,18,23H,4,14,16-17H2,1-3H3,(H,28,33)(H,31,32);2*5-10,14-15,18,23H,4,13,16-17H2,1-3H3,(H,28,33)(H,31,32)/t4*23-/m0000/s1. The van der Waals surface area contributed by atoms with Crippen LogP contribution in [0.5, 0.6) is 0 Å². The Hall–Kier alpha value is -11.8. The lowest BCUT2D eigenvalue weighted by atomic mass is 10.1. The van der Waals surface area contributed by atoms with Crippen LogP contribution in [0.25, 0.3) is 0 Å². The fourth-order valence-electron chi connectivity index (χ4n) is 11.7. The molecule has 32 heteroatoms. The van der Waals surface area contributed by atoms with E-state index in [2.05, 4.69) is 100 Å². The van der Waals surface area contributed by atoms with Gasteiger partial charge in [0.1, 0.15) is 30.0 Å². The average molecular weight is 2080 g/mol. The number of carboxylic acid groups (broad SMARTS) is 4. The molecule has 720 valence electrons. The van der Waals surface area contributed by atoms with Gasteiger partial charge in [-0.3, -0.25) is 38.8 Å². The number of nitrogens with one attached hydrogen (secondary N) is 4. The van der Waals surface area contributed by atoms with Gasteiger partial charge in [0.05, 0.1) is 0 Å². The van der Waals surface area contributed by atoms with Crippen molar-refractivity contribution in [2.75, 3.05) is 72.2 Å². The molecule has 0 heterocycles. The van der Waals surface area contributed by atoms with E-state index in [0.717, 1.165) is 68.2 Å². The quantitative estimate of drug-likeness (QED) is 0.0169. The van der Waals surface area contributed by atoms with Gasteiger partial charge >= 0.3 is 48.0 Å². The van der Waals surface area contributed by atoms with Gasteiger partial charge in [-0.25, -0.2) is 42.7 Å². The Kier molecular flexibility index (Phi) is 52.3. The molecule has 0 unspecified atom stereocenters. The van der Waals surface area contributed by atoms with Gasteiger partial charge in [-0.15, -0.1) is 0 Å². The number of hydrogen-bond donors (Lipinski definition) is 8. The van der Waals surface area contributed by atoms with Crippen molar-refractivity contribution in [1.82, 2.24) is 40.9 Å². The number of carbonyl (C=O) groups is 12. The number of nitrogens with zero attached hydrogens (tertiary/aromatic N) is 4. The fraction of sp³-hybridized carbons (Fsp3) is 0.346. The molecule has 0 spiro atoms. The van der Waals surface area contributed by atoms with E-state index < -0.39 is 95.8 Å². The molecule has 8 aromatic rings. The third-order valence-corrected chi connectivity index (χ3v) is 25.4. The molecule has 12 amide bonds. The summed E-state index contributed by atoms with van der Waals surface area (Å²) in [6, 6.07) is 47.6. The van der Waals surface area contributed by atoms with Crippen molar-refractivity contribution < 1.29 is 82.4 Å². The first-order chi connectivity index (χ1) is 64.8. The molecule has 136 heavy (non-hydrogen) atoms. The Bertz CT molecular complexity index is 5260. The van der Waals surface area contributed by atoms with Crippen LogP contribution in [-0.4, -0.2) is 208 Å². The predicted molar refractivity (Wildman–Crippen MR) is 550 cm³/mol. The number of hydrogen-bond acceptors (Lipinski definition) is 16. The lowest BCUT2D eigenvalue weighted by Crippen LogP contribution is -2.51. The molecule has 4 atom stereocenters. The number of thioether (sulfide) groups is 4. The Morgan fingerprint density at radius 2 is 0.544 bits per heavy atom. The van der Waals surface area contributed by atoms with Gasteiger partial charge in [-0.05, 0) is 224 Å². The maximum atomic E-state index is 13.4. The highest BCUT2D eigenvalue weighted by molar-refractivity contribution is 9.10. The first-order valence-corrected chi connectivity index (χ1v) is 50.6. The topological polar surface area (TPSA) is 347 Å². The van der Waals surface area contributed by atoms with E-state index in [1.54, 1.807) is 127 Å². The summed E-state index contributed by atoms with van der Waals surface area (Å²) >= 11 is 18.6. The summed E-state index contributed by atoms with van der Waals surface area (Å²) in [4.78, 5) is 155. The number of halogens is 4. The normalized spacial score (nSPS) is 11.3. The molecule has 0 radical (unpaired) electrons. The van der Waals surface area contributed by atoms with E-state index >= 15 is 0 Å². The second-order valence-corrected chi connectivity index (χ2v) is 38.8. The molecule has 0 aliphatic heterocycles. The van der Waals surface area contributed by atoms with Crippen LogP contribution in [0.15, 0.2) is 203 Å². The molecule has 0 fully saturated rings. The number of carboxylic acids is 4. The van der Waals surface area contributed by atoms with Crippen LogP contribution in [-0.2, 0) is 19.2 Å². The number of carbonyl (C=O) groups excluding carboxylic acids is 8. The van der Waals surface area contributed by atoms with Crippen molar-refractivity contribution >= 4 is 162 Å². The summed E-state index contributed by atoms with van der Waals surface area (Å²) in [5, 5.41) is 48.6. The van der Waals surface area contributed by atoms with Gasteiger partial charge in [-0.1, -0.05) is 216 Å². The lowest BCUT2D eigenvalue weighted by Gasteiger charge is -2.23. The van der Waals surface area contributed by atoms with Crippen molar-refractivity contribution in [3.8, 4) is 47.4 Å². The Balaban J connectivity index is 0.000000320. The molecule has 0 aliphatic carbocycles. The summed E-state index contributed by atoms with van der Waals surface area (Å²) in [6.07, 6.45) is 2.13. The van der Waals surface area contributed by atoms with Crippen LogP contribution in [0.3, 0.4) is 0 Å². The smallest absolute Gasteiger partial charge is 0.327 e. The fourth-order valence-corrected chi connectivity index (χ4v) is 16.9. The Morgan fingerprint density at radius 3 is 0.787 bits per heavy atom. The number of amides is 12. The highest BCUT2D eigenvalue weighted by Gasteiger charge is 2.33. The summed E-state index contributed by atoms with van der Waals surface area (Å²) in [7, 11) is 0. The van der Waals surface area contributed by atoms with Crippen LogP contribution in [0.1, 0.15) is 195 Å². The van der Waals surface area contributed by atoms with Crippen LogP contribution >= 0.6 is 90.5 Å². The molecule has 0 bridgehead atoms. The third-order valence-electron chi connectivity index (χ3n) is 18.2. The maximum Gasteiger partial charge on any atom is 0.327 e. The van der Waals surface area contributed by atoms with Gasteiger partial charge in [0, 0.05) is 130 Å². The van der Waals surface area contributed by atoms with Crippen LogP contribution in [0, 0.1) is 76.9 Å². The van der Waals surface area contributed by atoms with Gasteiger partial charge in [0.2, 0.25) is 0 Å². The first kappa shape index (κ1) is 115. The van der Waals surface area contributed by atoms with E-state index in [-0.39, 0.29) is 60.6 Å².